The Bertz CT molecular complexity index is 882. The zero-order valence-corrected chi connectivity index (χ0v) is 13.9. The van der Waals surface area contributed by atoms with E-state index in [1.807, 2.05) is 38.1 Å². The average molecular weight is 338 g/mol. The van der Waals surface area contributed by atoms with Gasteiger partial charge in [0.1, 0.15) is 5.82 Å². The van der Waals surface area contributed by atoms with Crippen LogP contribution in [0.5, 0.6) is 0 Å². The van der Waals surface area contributed by atoms with E-state index in [1.54, 1.807) is 0 Å². The van der Waals surface area contributed by atoms with Crippen LogP contribution in [0.1, 0.15) is 36.1 Å². The van der Waals surface area contributed by atoms with Crippen LogP contribution in [-0.4, -0.2) is 20.8 Å². The number of amides is 1. The summed E-state index contributed by atoms with van der Waals surface area (Å²) in [5.74, 6) is 0.503. The molecular formula is C18H18N4O3. The molecule has 128 valence electrons. The summed E-state index contributed by atoms with van der Waals surface area (Å²) in [7, 11) is 0. The van der Waals surface area contributed by atoms with Gasteiger partial charge < -0.3 is 10.3 Å². The molecule has 1 heterocycles. The molecule has 0 aliphatic rings. The lowest BCUT2D eigenvalue weighted by Crippen LogP contribution is -2.32. The molecule has 1 amide bonds. The van der Waals surface area contributed by atoms with Crippen LogP contribution in [0, 0.1) is 16.0 Å². The van der Waals surface area contributed by atoms with Gasteiger partial charge in [0.25, 0.3) is 11.6 Å². The highest BCUT2D eigenvalue weighted by Crippen LogP contribution is 2.23. The summed E-state index contributed by atoms with van der Waals surface area (Å²) >= 11 is 0. The Morgan fingerprint density at radius 1 is 1.16 bits per heavy atom. The molecule has 0 saturated heterocycles. The molecule has 1 aromatic heterocycles. The van der Waals surface area contributed by atoms with Crippen LogP contribution >= 0.6 is 0 Å². The Balaban J connectivity index is 1.83. The summed E-state index contributed by atoms with van der Waals surface area (Å²) in [5, 5.41) is 13.7. The first-order valence-corrected chi connectivity index (χ1v) is 7.95. The number of aromatic nitrogens is 2. The molecule has 0 saturated carbocycles. The molecular weight excluding hydrogens is 320 g/mol. The second kappa shape index (κ2) is 6.72. The number of H-pyrrole nitrogens is 1. The van der Waals surface area contributed by atoms with Crippen molar-refractivity contribution >= 4 is 22.6 Å². The van der Waals surface area contributed by atoms with Crippen molar-refractivity contribution in [2.45, 2.75) is 19.9 Å². The Morgan fingerprint density at radius 2 is 1.84 bits per heavy atom. The average Bonchev–Trinajstić information content (AvgIpc) is 3.02. The van der Waals surface area contributed by atoms with Gasteiger partial charge in [-0.25, -0.2) is 4.98 Å². The number of hydrogen-bond donors (Lipinski definition) is 2. The molecule has 7 heteroatoms. The number of carbonyl (C=O) groups excluding carboxylic acids is 1. The second-order valence-corrected chi connectivity index (χ2v) is 6.14. The van der Waals surface area contributed by atoms with E-state index in [9.17, 15) is 14.9 Å². The standard InChI is InChI=1S/C18H18N4O3/c1-11(2)16(17-19-14-5-3-4-6-15(14)20-17)21-18(23)12-7-9-13(10-8-12)22(24)25/h3-11,16H,1-2H3,(H,19,20)(H,21,23). The Hall–Kier alpha value is -3.22. The van der Waals surface area contributed by atoms with E-state index in [2.05, 4.69) is 15.3 Å². The first kappa shape index (κ1) is 16.6. The number of imidazole rings is 1. The number of nitrogens with zero attached hydrogens (tertiary/aromatic N) is 2. The van der Waals surface area contributed by atoms with Gasteiger partial charge in [-0.05, 0) is 30.2 Å². The number of nitro groups is 1. The predicted octanol–water partition coefficient (Wildman–Crippen LogP) is 3.60. The predicted molar refractivity (Wildman–Crippen MR) is 94.2 cm³/mol. The summed E-state index contributed by atoms with van der Waals surface area (Å²) in [6.45, 7) is 3.99. The van der Waals surface area contributed by atoms with Gasteiger partial charge in [-0.3, -0.25) is 14.9 Å². The minimum atomic E-state index is -0.493. The maximum atomic E-state index is 12.5. The van der Waals surface area contributed by atoms with E-state index in [0.29, 0.717) is 11.4 Å². The molecule has 1 atom stereocenters. The normalized spacial score (nSPS) is 12.3. The molecule has 0 aliphatic heterocycles. The number of fused-ring (bicyclic) bond motifs is 1. The Morgan fingerprint density at radius 3 is 2.44 bits per heavy atom. The van der Waals surface area contributed by atoms with Gasteiger partial charge in [0.2, 0.25) is 0 Å². The minimum Gasteiger partial charge on any atom is -0.342 e. The van der Waals surface area contributed by atoms with Gasteiger partial charge in [0.15, 0.2) is 0 Å². The highest BCUT2D eigenvalue weighted by Gasteiger charge is 2.22. The molecule has 0 fully saturated rings. The minimum absolute atomic E-state index is 0.0470. The van der Waals surface area contributed by atoms with Crippen molar-refractivity contribution in [1.29, 1.82) is 0 Å². The van der Waals surface area contributed by atoms with Crippen LogP contribution in [0.2, 0.25) is 0 Å². The van der Waals surface area contributed by atoms with Gasteiger partial charge in [-0.15, -0.1) is 0 Å². The van der Waals surface area contributed by atoms with Gasteiger partial charge in [0, 0.05) is 17.7 Å². The van der Waals surface area contributed by atoms with Crippen molar-refractivity contribution in [2.24, 2.45) is 5.92 Å². The Labute approximate surface area is 144 Å². The van der Waals surface area contributed by atoms with Gasteiger partial charge in [-0.2, -0.15) is 0 Å². The molecule has 7 nitrogen and oxygen atoms in total. The van der Waals surface area contributed by atoms with Gasteiger partial charge in [-0.1, -0.05) is 26.0 Å². The number of para-hydroxylation sites is 2. The third kappa shape index (κ3) is 3.50. The summed E-state index contributed by atoms with van der Waals surface area (Å²) < 4.78 is 0. The lowest BCUT2D eigenvalue weighted by molar-refractivity contribution is -0.384. The molecule has 2 N–H and O–H groups in total. The number of nitrogens with one attached hydrogen (secondary N) is 2. The molecule has 0 radical (unpaired) electrons. The number of hydrogen-bond acceptors (Lipinski definition) is 4. The molecule has 3 aromatic rings. The van der Waals surface area contributed by atoms with Crippen LogP contribution < -0.4 is 5.32 Å². The van der Waals surface area contributed by atoms with Crippen molar-refractivity contribution < 1.29 is 9.72 Å². The van der Waals surface area contributed by atoms with E-state index in [4.69, 9.17) is 0 Å². The van der Waals surface area contributed by atoms with E-state index < -0.39 is 4.92 Å². The topological polar surface area (TPSA) is 101 Å². The molecule has 0 aliphatic carbocycles. The number of benzene rings is 2. The number of nitro benzene ring substituents is 1. The molecule has 0 bridgehead atoms. The maximum Gasteiger partial charge on any atom is 0.269 e. The summed E-state index contributed by atoms with van der Waals surface area (Å²) in [6.07, 6.45) is 0. The largest absolute Gasteiger partial charge is 0.342 e. The van der Waals surface area contributed by atoms with Crippen molar-refractivity contribution in [3.63, 3.8) is 0 Å². The van der Waals surface area contributed by atoms with E-state index in [-0.39, 0.29) is 23.6 Å². The lowest BCUT2D eigenvalue weighted by atomic mass is 10.0. The van der Waals surface area contributed by atoms with E-state index in [1.165, 1.54) is 24.3 Å². The fourth-order valence-corrected chi connectivity index (χ4v) is 2.63. The number of non-ortho nitro benzene ring substituents is 1. The number of rotatable bonds is 5. The molecule has 1 unspecified atom stereocenters. The molecule has 3 rings (SSSR count). The first-order chi connectivity index (χ1) is 12.0. The number of carbonyl (C=O) groups is 1. The smallest absolute Gasteiger partial charge is 0.269 e. The molecule has 2 aromatic carbocycles. The lowest BCUT2D eigenvalue weighted by Gasteiger charge is -2.20. The van der Waals surface area contributed by atoms with Crippen molar-refractivity contribution in [3.8, 4) is 0 Å². The summed E-state index contributed by atoms with van der Waals surface area (Å²) in [4.78, 5) is 30.5. The van der Waals surface area contributed by atoms with Gasteiger partial charge in [0.05, 0.1) is 22.0 Å². The first-order valence-electron chi connectivity index (χ1n) is 7.95. The fraction of sp³-hybridized carbons (Fsp3) is 0.222. The van der Waals surface area contributed by atoms with Crippen LogP contribution in [0.4, 0.5) is 5.69 Å². The molecule has 25 heavy (non-hydrogen) atoms. The summed E-state index contributed by atoms with van der Waals surface area (Å²) in [5.41, 5.74) is 2.07. The monoisotopic (exact) mass is 338 g/mol. The summed E-state index contributed by atoms with van der Waals surface area (Å²) in [6, 6.07) is 12.9. The van der Waals surface area contributed by atoms with Crippen molar-refractivity contribution in [1.82, 2.24) is 15.3 Å². The Kier molecular flexibility index (Phi) is 4.47. The number of aromatic amines is 1. The highest BCUT2D eigenvalue weighted by atomic mass is 16.6. The zero-order valence-electron chi connectivity index (χ0n) is 13.9. The van der Waals surface area contributed by atoms with Crippen LogP contribution in [-0.2, 0) is 0 Å². The van der Waals surface area contributed by atoms with Crippen molar-refractivity contribution in [2.75, 3.05) is 0 Å². The van der Waals surface area contributed by atoms with Crippen LogP contribution in [0.25, 0.3) is 11.0 Å². The third-order valence-corrected chi connectivity index (χ3v) is 4.00. The third-order valence-electron chi connectivity index (χ3n) is 4.00. The van der Waals surface area contributed by atoms with E-state index >= 15 is 0 Å². The van der Waals surface area contributed by atoms with Crippen LogP contribution in [0.3, 0.4) is 0 Å². The van der Waals surface area contributed by atoms with Gasteiger partial charge >= 0.3 is 0 Å². The fourth-order valence-electron chi connectivity index (χ4n) is 2.63. The second-order valence-electron chi connectivity index (χ2n) is 6.14. The van der Waals surface area contributed by atoms with Crippen molar-refractivity contribution in [3.05, 3.63) is 70.0 Å². The quantitative estimate of drug-likeness (QED) is 0.548. The van der Waals surface area contributed by atoms with Crippen LogP contribution in [0.15, 0.2) is 48.5 Å². The van der Waals surface area contributed by atoms with E-state index in [0.717, 1.165) is 11.0 Å². The molecule has 0 spiro atoms. The maximum absolute atomic E-state index is 12.5. The zero-order chi connectivity index (χ0) is 18.0. The highest BCUT2D eigenvalue weighted by molar-refractivity contribution is 5.94. The SMILES string of the molecule is CC(C)C(NC(=O)c1ccc([N+](=O)[O-])cc1)c1nc2ccccc2[nH]1.